The van der Waals surface area contributed by atoms with Crippen molar-refractivity contribution in [2.45, 2.75) is 0 Å². The van der Waals surface area contributed by atoms with Crippen molar-refractivity contribution < 1.29 is 0 Å². The molecular weight excluding hydrogens is 176 g/mol. The van der Waals surface area contributed by atoms with Crippen LogP contribution in [-0.4, -0.2) is 21.1 Å². The molecule has 0 fully saturated rings. The van der Waals surface area contributed by atoms with E-state index in [2.05, 4.69) is 21.9 Å². The van der Waals surface area contributed by atoms with Crippen molar-refractivity contribution in [1.29, 1.82) is 0 Å². The van der Waals surface area contributed by atoms with Gasteiger partial charge in [-0.05, 0) is 6.07 Å². The van der Waals surface area contributed by atoms with Crippen molar-refractivity contribution >= 4 is 16.9 Å². The summed E-state index contributed by atoms with van der Waals surface area (Å²) < 4.78 is 1.97. The Hall–Kier alpha value is -1.84. The first-order valence-electron chi connectivity index (χ1n) is 4.43. The second-order valence-corrected chi connectivity index (χ2v) is 3.06. The molecule has 2 rings (SSSR count). The van der Waals surface area contributed by atoms with E-state index in [9.17, 15) is 0 Å². The van der Waals surface area contributed by atoms with Gasteiger partial charge in [0.05, 0.1) is 5.39 Å². The molecule has 0 aliphatic rings. The normalized spacial score (nSPS) is 10.4. The Morgan fingerprint density at radius 3 is 3.21 bits per heavy atom. The van der Waals surface area contributed by atoms with E-state index in [1.54, 1.807) is 12.4 Å². The first kappa shape index (κ1) is 8.74. The highest BCUT2D eigenvalue weighted by Crippen LogP contribution is 2.18. The molecule has 1 N–H and O–H groups in total. The van der Waals surface area contributed by atoms with E-state index in [1.807, 2.05) is 23.9 Å². The average Bonchev–Trinajstić information content (AvgIpc) is 2.58. The van der Waals surface area contributed by atoms with Crippen LogP contribution in [0.5, 0.6) is 0 Å². The van der Waals surface area contributed by atoms with Crippen molar-refractivity contribution in [3.63, 3.8) is 0 Å². The number of aromatic nitrogens is 3. The standard InChI is InChI=1S/C10H12N4/c1-3-5-11-9-8-4-6-14(2)10(8)13-7-12-9/h3-4,6-7H,1,5H2,2H3,(H,11,12,13). The lowest BCUT2D eigenvalue weighted by atomic mass is 10.4. The number of rotatable bonds is 3. The fourth-order valence-corrected chi connectivity index (χ4v) is 1.39. The summed E-state index contributed by atoms with van der Waals surface area (Å²) in [5.74, 6) is 0.857. The van der Waals surface area contributed by atoms with Crippen molar-refractivity contribution in [1.82, 2.24) is 14.5 Å². The molecule has 0 radical (unpaired) electrons. The zero-order valence-electron chi connectivity index (χ0n) is 8.07. The molecular formula is C10H12N4. The van der Waals surface area contributed by atoms with E-state index < -0.39 is 0 Å². The van der Waals surface area contributed by atoms with Gasteiger partial charge in [-0.25, -0.2) is 9.97 Å². The zero-order valence-corrected chi connectivity index (χ0v) is 8.07. The molecule has 0 aliphatic heterocycles. The van der Waals surface area contributed by atoms with Gasteiger partial charge in [0.15, 0.2) is 0 Å². The van der Waals surface area contributed by atoms with Gasteiger partial charge in [0.25, 0.3) is 0 Å². The van der Waals surface area contributed by atoms with Gasteiger partial charge in [0.1, 0.15) is 17.8 Å². The van der Waals surface area contributed by atoms with Gasteiger partial charge in [-0.2, -0.15) is 0 Å². The summed E-state index contributed by atoms with van der Waals surface area (Å²) in [5, 5.41) is 4.21. The number of hydrogen-bond donors (Lipinski definition) is 1. The maximum absolute atomic E-state index is 4.20. The Morgan fingerprint density at radius 1 is 1.57 bits per heavy atom. The molecule has 0 bridgehead atoms. The SMILES string of the molecule is C=CCNc1ncnc2c1ccn2C. The number of nitrogens with zero attached hydrogens (tertiary/aromatic N) is 3. The lowest BCUT2D eigenvalue weighted by Crippen LogP contribution is -2.01. The first-order chi connectivity index (χ1) is 6.83. The maximum atomic E-state index is 4.20. The Bertz CT molecular complexity index is 458. The van der Waals surface area contributed by atoms with Crippen LogP contribution in [0, 0.1) is 0 Å². The number of fused-ring (bicyclic) bond motifs is 1. The molecule has 0 unspecified atom stereocenters. The molecule has 0 amide bonds. The van der Waals surface area contributed by atoms with Crippen molar-refractivity contribution in [3.05, 3.63) is 31.2 Å². The van der Waals surface area contributed by atoms with Crippen LogP contribution in [-0.2, 0) is 7.05 Å². The molecule has 4 nitrogen and oxygen atoms in total. The minimum absolute atomic E-state index is 0.709. The van der Waals surface area contributed by atoms with Crippen LogP contribution < -0.4 is 5.32 Å². The Kier molecular flexibility index (Phi) is 2.18. The summed E-state index contributed by atoms with van der Waals surface area (Å²) in [7, 11) is 1.96. The quantitative estimate of drug-likeness (QED) is 0.743. The lowest BCUT2D eigenvalue weighted by Gasteiger charge is -2.03. The predicted octanol–water partition coefficient (Wildman–Crippen LogP) is 1.57. The minimum atomic E-state index is 0.709. The highest BCUT2D eigenvalue weighted by atomic mass is 15.1. The maximum Gasteiger partial charge on any atom is 0.145 e. The van der Waals surface area contributed by atoms with Gasteiger partial charge < -0.3 is 9.88 Å². The third kappa shape index (κ3) is 1.35. The van der Waals surface area contributed by atoms with Gasteiger partial charge in [0.2, 0.25) is 0 Å². The fraction of sp³-hybridized carbons (Fsp3) is 0.200. The molecule has 2 heterocycles. The molecule has 0 saturated heterocycles. The van der Waals surface area contributed by atoms with Crippen LogP contribution in [0.3, 0.4) is 0 Å². The summed E-state index contributed by atoms with van der Waals surface area (Å²) in [6, 6.07) is 2.00. The lowest BCUT2D eigenvalue weighted by molar-refractivity contribution is 0.943. The number of hydrogen-bond acceptors (Lipinski definition) is 3. The molecule has 0 atom stereocenters. The Balaban J connectivity index is 2.48. The minimum Gasteiger partial charge on any atom is -0.366 e. The molecule has 72 valence electrons. The topological polar surface area (TPSA) is 42.7 Å². The highest BCUT2D eigenvalue weighted by molar-refractivity contribution is 5.87. The Labute approximate surface area is 82.3 Å². The van der Waals surface area contributed by atoms with E-state index in [4.69, 9.17) is 0 Å². The van der Waals surface area contributed by atoms with Gasteiger partial charge in [-0.3, -0.25) is 0 Å². The van der Waals surface area contributed by atoms with E-state index in [1.165, 1.54) is 0 Å². The van der Waals surface area contributed by atoms with Crippen LogP contribution in [0.25, 0.3) is 11.0 Å². The number of aryl methyl sites for hydroxylation is 1. The number of nitrogens with one attached hydrogen (secondary N) is 1. The third-order valence-corrected chi connectivity index (χ3v) is 2.08. The molecule has 2 aromatic heterocycles. The average molecular weight is 188 g/mol. The van der Waals surface area contributed by atoms with E-state index in [-0.39, 0.29) is 0 Å². The van der Waals surface area contributed by atoms with Gasteiger partial charge in [-0.15, -0.1) is 6.58 Å². The zero-order chi connectivity index (χ0) is 9.97. The van der Waals surface area contributed by atoms with E-state index >= 15 is 0 Å². The van der Waals surface area contributed by atoms with Crippen LogP contribution in [0.1, 0.15) is 0 Å². The smallest absolute Gasteiger partial charge is 0.145 e. The molecule has 0 spiro atoms. The van der Waals surface area contributed by atoms with Gasteiger partial charge in [0, 0.05) is 19.8 Å². The summed E-state index contributed by atoms with van der Waals surface area (Å²) in [5.41, 5.74) is 0.937. The second kappa shape index (κ2) is 3.49. The molecule has 2 aromatic rings. The third-order valence-electron chi connectivity index (χ3n) is 2.08. The monoisotopic (exact) mass is 188 g/mol. The van der Waals surface area contributed by atoms with Crippen molar-refractivity contribution in [2.24, 2.45) is 7.05 Å². The summed E-state index contributed by atoms with van der Waals surface area (Å²) >= 11 is 0. The second-order valence-electron chi connectivity index (χ2n) is 3.06. The van der Waals surface area contributed by atoms with Gasteiger partial charge in [-0.1, -0.05) is 6.08 Å². The van der Waals surface area contributed by atoms with Crippen LogP contribution in [0.4, 0.5) is 5.82 Å². The summed E-state index contributed by atoms with van der Waals surface area (Å²) in [6.07, 6.45) is 5.34. The van der Waals surface area contributed by atoms with Crippen molar-refractivity contribution in [3.8, 4) is 0 Å². The van der Waals surface area contributed by atoms with Crippen LogP contribution in [0.15, 0.2) is 31.2 Å². The molecule has 0 aromatic carbocycles. The molecule has 4 heteroatoms. The molecule has 0 saturated carbocycles. The van der Waals surface area contributed by atoms with E-state index in [0.29, 0.717) is 6.54 Å². The molecule has 0 aliphatic carbocycles. The summed E-state index contributed by atoms with van der Waals surface area (Å²) in [4.78, 5) is 8.37. The van der Waals surface area contributed by atoms with Crippen molar-refractivity contribution in [2.75, 3.05) is 11.9 Å². The van der Waals surface area contributed by atoms with E-state index in [0.717, 1.165) is 16.9 Å². The number of anilines is 1. The largest absolute Gasteiger partial charge is 0.366 e. The van der Waals surface area contributed by atoms with Crippen LogP contribution >= 0.6 is 0 Å². The van der Waals surface area contributed by atoms with Crippen LogP contribution in [0.2, 0.25) is 0 Å². The molecule has 14 heavy (non-hydrogen) atoms. The fourth-order valence-electron chi connectivity index (χ4n) is 1.39. The summed E-state index contributed by atoms with van der Waals surface area (Å²) in [6.45, 7) is 4.36. The highest BCUT2D eigenvalue weighted by Gasteiger charge is 2.04. The predicted molar refractivity (Wildman–Crippen MR) is 57.2 cm³/mol. The Morgan fingerprint density at radius 2 is 2.43 bits per heavy atom. The van der Waals surface area contributed by atoms with Gasteiger partial charge >= 0.3 is 0 Å². The first-order valence-corrected chi connectivity index (χ1v) is 4.43.